The fourth-order valence-corrected chi connectivity index (χ4v) is 3.63. The highest BCUT2D eigenvalue weighted by Gasteiger charge is 2.28. The highest BCUT2D eigenvalue weighted by Crippen LogP contribution is 2.28. The van der Waals surface area contributed by atoms with Crippen LogP contribution >= 0.6 is 0 Å². The lowest BCUT2D eigenvalue weighted by molar-refractivity contribution is -0.105. The Bertz CT molecular complexity index is 657. The van der Waals surface area contributed by atoms with Gasteiger partial charge >= 0.3 is 0 Å². The molecule has 1 aromatic rings. The normalized spacial score (nSPS) is 18.1. The lowest BCUT2D eigenvalue weighted by Crippen LogP contribution is -2.47. The Kier molecular flexibility index (Phi) is 4.37. The molecule has 0 unspecified atom stereocenters. The summed E-state index contributed by atoms with van der Waals surface area (Å²) in [4.78, 5) is 13.0. The van der Waals surface area contributed by atoms with E-state index in [0.717, 1.165) is 0 Å². The first-order valence-electron chi connectivity index (χ1n) is 6.99. The van der Waals surface area contributed by atoms with Crippen LogP contribution in [0.15, 0.2) is 23.1 Å². The lowest BCUT2D eigenvalue weighted by atomic mass is 10.3. The monoisotopic (exact) mass is 314 g/mol. The molecule has 1 aromatic carbocycles. The molecule has 0 atom stereocenters. The van der Waals surface area contributed by atoms with Crippen LogP contribution < -0.4 is 10.1 Å². The minimum absolute atomic E-state index is 0.0709. The second-order valence-corrected chi connectivity index (χ2v) is 6.73. The van der Waals surface area contributed by atoms with E-state index in [1.54, 1.807) is 0 Å². The van der Waals surface area contributed by atoms with Crippen molar-refractivity contribution in [1.82, 2.24) is 9.21 Å². The molecule has 116 valence electrons. The molecule has 0 aromatic heterocycles. The number of nitrogens with zero attached hydrogens (tertiary/aromatic N) is 2. The van der Waals surface area contributed by atoms with E-state index in [2.05, 4.69) is 10.2 Å². The van der Waals surface area contributed by atoms with Crippen molar-refractivity contribution in [1.29, 1.82) is 0 Å². The van der Waals surface area contributed by atoms with Crippen molar-refractivity contribution in [3.05, 3.63) is 18.2 Å². The molecule has 21 heavy (non-hydrogen) atoms. The molecule has 0 aliphatic carbocycles. The third-order valence-electron chi connectivity index (χ3n) is 3.46. The number of rotatable bonds is 4. The van der Waals surface area contributed by atoms with Crippen molar-refractivity contribution in [2.75, 3.05) is 45.7 Å². The van der Waals surface area contributed by atoms with E-state index in [1.165, 1.54) is 29.6 Å². The summed E-state index contributed by atoms with van der Waals surface area (Å²) in [6, 6.07) is 4.22. The topological polar surface area (TPSA) is 79.0 Å². The Hall–Kier alpha value is -1.64. The summed E-state index contributed by atoms with van der Waals surface area (Å²) in [5.74, 6) is 0.304. The van der Waals surface area contributed by atoms with Gasteiger partial charge in [-0.05, 0) is 25.2 Å². The lowest BCUT2D eigenvalue weighted by Gasteiger charge is -2.31. The Morgan fingerprint density at radius 1 is 1.33 bits per heavy atom. The van der Waals surface area contributed by atoms with Gasteiger partial charge in [-0.2, -0.15) is 4.31 Å². The van der Waals surface area contributed by atoms with Crippen LogP contribution in [-0.4, -0.2) is 64.3 Å². The summed E-state index contributed by atoms with van der Waals surface area (Å²) < 4.78 is 38.7. The molecule has 1 saturated heterocycles. The molecule has 0 saturated carbocycles. The van der Waals surface area contributed by atoms with E-state index in [-0.39, 0.29) is 10.6 Å². The van der Waals surface area contributed by atoms with E-state index in [0.29, 0.717) is 31.9 Å². The van der Waals surface area contributed by atoms with Crippen molar-refractivity contribution in [3.8, 4) is 5.75 Å². The highest BCUT2D eigenvalue weighted by atomic mass is 32.2. The van der Waals surface area contributed by atoms with Crippen molar-refractivity contribution >= 4 is 22.1 Å². The van der Waals surface area contributed by atoms with Crippen LogP contribution in [0.2, 0.25) is 0 Å². The van der Waals surface area contributed by atoms with E-state index in [4.69, 9.17) is 6.11 Å². The highest BCUT2D eigenvalue weighted by molar-refractivity contribution is 7.89. The van der Waals surface area contributed by atoms with E-state index in [9.17, 15) is 13.2 Å². The molecular formula is C13H19N3O4S. The zero-order valence-corrected chi connectivity index (χ0v) is 12.8. The van der Waals surface area contributed by atoms with Crippen LogP contribution in [0.5, 0.6) is 5.75 Å². The third kappa shape index (κ3) is 3.34. The Morgan fingerprint density at radius 2 is 2.00 bits per heavy atom. The molecule has 7 nitrogen and oxygen atoms in total. The maximum absolute atomic E-state index is 12.6. The fourth-order valence-electron chi connectivity index (χ4n) is 2.18. The van der Waals surface area contributed by atoms with Crippen molar-refractivity contribution in [2.24, 2.45) is 0 Å². The summed E-state index contributed by atoms with van der Waals surface area (Å²) in [6.45, 7) is 2.19. The van der Waals surface area contributed by atoms with Crippen LogP contribution in [0.1, 0.15) is 1.37 Å². The van der Waals surface area contributed by atoms with Gasteiger partial charge in [-0.25, -0.2) is 8.42 Å². The van der Waals surface area contributed by atoms with Crippen LogP contribution in [0.4, 0.5) is 5.69 Å². The number of carbonyl (C=O) groups is 1. The van der Waals surface area contributed by atoms with Gasteiger partial charge in [-0.3, -0.25) is 4.79 Å². The third-order valence-corrected chi connectivity index (χ3v) is 5.35. The van der Waals surface area contributed by atoms with Gasteiger partial charge in [0.05, 0.1) is 17.7 Å². The van der Waals surface area contributed by atoms with Crippen LogP contribution in [0.3, 0.4) is 0 Å². The number of methoxy groups -OCH3 is 1. The summed E-state index contributed by atoms with van der Waals surface area (Å²) >= 11 is 0. The first-order chi connectivity index (χ1) is 10.3. The van der Waals surface area contributed by atoms with Crippen molar-refractivity contribution < 1.29 is 19.3 Å². The number of hydrogen-bond donors (Lipinski definition) is 1. The number of ether oxygens (including phenoxy) is 1. The number of piperazine rings is 1. The van der Waals surface area contributed by atoms with E-state index < -0.39 is 16.4 Å². The number of carbonyl (C=O) groups excluding carboxylic acids is 1. The molecule has 1 N–H and O–H groups in total. The standard InChI is InChI=1S/C13H19N3O4S/c1-15-5-7-16(8-6-15)21(18,19)11-3-4-13(20-2)12(9-11)14-10-17/h3-4,9-10H,5-8H2,1-2H3,(H,14,17)/i10D. The molecule has 0 radical (unpaired) electrons. The van der Waals surface area contributed by atoms with Gasteiger partial charge in [-0.1, -0.05) is 0 Å². The maximum atomic E-state index is 12.6. The van der Waals surface area contributed by atoms with E-state index in [1.807, 2.05) is 7.05 Å². The minimum atomic E-state index is -3.63. The first kappa shape index (κ1) is 14.3. The summed E-state index contributed by atoms with van der Waals surface area (Å²) in [7, 11) is -0.280. The molecule has 2 rings (SSSR count). The number of benzene rings is 1. The average Bonchev–Trinajstić information content (AvgIpc) is 2.47. The van der Waals surface area contributed by atoms with Crippen molar-refractivity contribution in [3.63, 3.8) is 0 Å². The van der Waals surface area contributed by atoms with E-state index >= 15 is 0 Å². The molecule has 1 aliphatic rings. The first-order valence-corrected chi connectivity index (χ1v) is 7.93. The molecule has 0 spiro atoms. The minimum Gasteiger partial charge on any atom is -0.495 e. The molecule has 1 heterocycles. The number of anilines is 1. The second-order valence-electron chi connectivity index (χ2n) is 4.80. The van der Waals surface area contributed by atoms with Crippen molar-refractivity contribution in [2.45, 2.75) is 4.90 Å². The van der Waals surface area contributed by atoms with Gasteiger partial charge in [0.1, 0.15) is 7.12 Å². The molecular weight excluding hydrogens is 294 g/mol. The van der Waals surface area contributed by atoms with Gasteiger partial charge in [-0.15, -0.1) is 0 Å². The van der Waals surface area contributed by atoms with Gasteiger partial charge in [0, 0.05) is 26.2 Å². The number of hydrogen-bond acceptors (Lipinski definition) is 5. The molecule has 1 aliphatic heterocycles. The second kappa shape index (κ2) is 6.42. The zero-order valence-electron chi connectivity index (χ0n) is 13.0. The predicted molar refractivity (Wildman–Crippen MR) is 78.9 cm³/mol. The quantitative estimate of drug-likeness (QED) is 0.803. The largest absolute Gasteiger partial charge is 0.495 e. The maximum Gasteiger partial charge on any atom is 0.243 e. The molecule has 0 bridgehead atoms. The SMILES string of the molecule is [2H]C(=O)Nc1cc(S(=O)(=O)N2CCN(C)CC2)ccc1OC. The molecule has 8 heteroatoms. The number of nitrogens with one attached hydrogen (secondary N) is 1. The number of amides is 1. The average molecular weight is 314 g/mol. The number of sulfonamides is 1. The Morgan fingerprint density at radius 3 is 2.57 bits per heavy atom. The summed E-state index contributed by atoms with van der Waals surface area (Å²) in [6.07, 6.45) is -1.03. The predicted octanol–water partition coefficient (Wildman–Crippen LogP) is 0.200. The zero-order chi connectivity index (χ0) is 16.3. The number of likely N-dealkylation sites (N-methyl/N-ethyl adjacent to an activating group) is 1. The van der Waals surface area contributed by atoms with Crippen LogP contribution in [0.25, 0.3) is 0 Å². The van der Waals surface area contributed by atoms with Crippen LogP contribution in [-0.2, 0) is 14.8 Å². The summed E-state index contributed by atoms with van der Waals surface area (Å²) in [5, 5.41) is 2.26. The molecule has 1 amide bonds. The summed E-state index contributed by atoms with van der Waals surface area (Å²) in [5.41, 5.74) is 0.165. The van der Waals surface area contributed by atoms with Gasteiger partial charge in [0.25, 0.3) is 0 Å². The smallest absolute Gasteiger partial charge is 0.243 e. The van der Waals surface area contributed by atoms with Gasteiger partial charge in [0.2, 0.25) is 16.4 Å². The Labute approximate surface area is 125 Å². The van der Waals surface area contributed by atoms with Crippen LogP contribution in [0, 0.1) is 0 Å². The fraction of sp³-hybridized carbons (Fsp3) is 0.462. The molecule has 1 fully saturated rings. The van der Waals surface area contributed by atoms with Gasteiger partial charge < -0.3 is 15.0 Å². The van der Waals surface area contributed by atoms with Gasteiger partial charge in [0.15, 0.2) is 0 Å². The Balaban J connectivity index is 2.32.